The Morgan fingerprint density at radius 1 is 1.42 bits per heavy atom. The van der Waals surface area contributed by atoms with Gasteiger partial charge in [0, 0.05) is 4.47 Å². The van der Waals surface area contributed by atoms with Crippen LogP contribution < -0.4 is 4.90 Å². The Labute approximate surface area is 131 Å². The summed E-state index contributed by atoms with van der Waals surface area (Å²) < 4.78 is 1.60. The lowest BCUT2D eigenvalue weighted by atomic mass is 10.2. The van der Waals surface area contributed by atoms with Gasteiger partial charge in [-0.25, -0.2) is 0 Å². The molecule has 4 nitrogen and oxygen atoms in total. The van der Waals surface area contributed by atoms with E-state index in [0.717, 1.165) is 10.0 Å². The summed E-state index contributed by atoms with van der Waals surface area (Å²) in [6.07, 6.45) is 0. The molecule has 0 radical (unpaired) electrons. The fourth-order valence-corrected chi connectivity index (χ4v) is 4.24. The summed E-state index contributed by atoms with van der Waals surface area (Å²) in [5.41, 5.74) is 1.08. The summed E-state index contributed by atoms with van der Waals surface area (Å²) in [6.45, 7) is 0. The maximum atomic E-state index is 12.0. The number of thioether (sulfide) groups is 1. The molecule has 1 N–H and O–H groups in total. The molecule has 1 atom stereocenters. The zero-order chi connectivity index (χ0) is 13.4. The smallest absolute Gasteiger partial charge is 0.240 e. The van der Waals surface area contributed by atoms with Gasteiger partial charge in [-0.05, 0) is 29.9 Å². The van der Waals surface area contributed by atoms with Crippen molar-refractivity contribution in [2.75, 3.05) is 10.7 Å². The number of nitrogens with zero attached hydrogens (tertiary/aromatic N) is 2. The van der Waals surface area contributed by atoms with Crippen molar-refractivity contribution >= 4 is 62.3 Å². The standard InChI is InChI=1S/C11H8BrN3OS3/c12-7-3-1-6(2-4-7)9-15(8(16)5-18-9)10-13-14-11(17)19-10/h1-4,9H,5H2,(H,14,17). The first-order valence-electron chi connectivity index (χ1n) is 5.40. The van der Waals surface area contributed by atoms with E-state index in [9.17, 15) is 4.79 Å². The molecule has 0 bridgehead atoms. The summed E-state index contributed by atoms with van der Waals surface area (Å²) >= 11 is 11.4. The van der Waals surface area contributed by atoms with E-state index in [1.54, 1.807) is 16.7 Å². The Morgan fingerprint density at radius 3 is 2.79 bits per heavy atom. The minimum Gasteiger partial charge on any atom is -0.273 e. The van der Waals surface area contributed by atoms with Crippen molar-refractivity contribution in [3.63, 3.8) is 0 Å². The molecule has 3 rings (SSSR count). The summed E-state index contributed by atoms with van der Waals surface area (Å²) in [5.74, 6) is 0.531. The van der Waals surface area contributed by atoms with Crippen LogP contribution in [0.25, 0.3) is 0 Å². The fourth-order valence-electron chi connectivity index (χ4n) is 1.83. The highest BCUT2D eigenvalue weighted by Crippen LogP contribution is 2.42. The van der Waals surface area contributed by atoms with Gasteiger partial charge in [0.15, 0.2) is 3.95 Å². The minimum absolute atomic E-state index is 0.0328. The molecule has 1 unspecified atom stereocenters. The maximum Gasteiger partial charge on any atom is 0.240 e. The van der Waals surface area contributed by atoms with E-state index in [1.165, 1.54) is 11.3 Å². The molecule has 0 saturated carbocycles. The van der Waals surface area contributed by atoms with Crippen molar-refractivity contribution in [1.82, 2.24) is 10.2 Å². The highest BCUT2D eigenvalue weighted by Gasteiger charge is 2.35. The molecule has 0 spiro atoms. The molecule has 1 fully saturated rings. The first-order valence-corrected chi connectivity index (χ1v) is 8.46. The summed E-state index contributed by atoms with van der Waals surface area (Å²) in [7, 11) is 0. The van der Waals surface area contributed by atoms with Gasteiger partial charge in [-0.3, -0.25) is 14.8 Å². The number of carbonyl (C=O) groups excluding carboxylic acids is 1. The number of benzene rings is 1. The number of rotatable bonds is 2. The zero-order valence-corrected chi connectivity index (χ0v) is 13.5. The van der Waals surface area contributed by atoms with E-state index in [-0.39, 0.29) is 11.3 Å². The molecule has 1 amide bonds. The second-order valence-electron chi connectivity index (χ2n) is 3.87. The third-order valence-corrected chi connectivity index (χ3v) is 5.49. The van der Waals surface area contributed by atoms with Crippen LogP contribution in [-0.4, -0.2) is 21.9 Å². The van der Waals surface area contributed by atoms with Crippen LogP contribution in [0, 0.1) is 3.95 Å². The number of hydrogen-bond donors (Lipinski definition) is 1. The first-order chi connectivity index (χ1) is 9.15. The van der Waals surface area contributed by atoms with Gasteiger partial charge in [0.05, 0.1) is 5.75 Å². The highest BCUT2D eigenvalue weighted by atomic mass is 79.9. The Balaban J connectivity index is 1.98. The maximum absolute atomic E-state index is 12.0. The number of aromatic nitrogens is 2. The van der Waals surface area contributed by atoms with Gasteiger partial charge in [0.1, 0.15) is 5.37 Å². The number of carbonyl (C=O) groups is 1. The van der Waals surface area contributed by atoms with Gasteiger partial charge < -0.3 is 0 Å². The number of hydrogen-bond acceptors (Lipinski definition) is 5. The van der Waals surface area contributed by atoms with Crippen molar-refractivity contribution in [3.05, 3.63) is 38.3 Å². The SMILES string of the molecule is O=C1CSC(c2ccc(Br)cc2)N1c1n[nH]c(=S)s1. The number of amides is 1. The minimum atomic E-state index is -0.0328. The van der Waals surface area contributed by atoms with Gasteiger partial charge in [-0.15, -0.1) is 16.9 Å². The normalized spacial score (nSPS) is 19.1. The van der Waals surface area contributed by atoms with Crippen LogP contribution in [-0.2, 0) is 4.79 Å². The van der Waals surface area contributed by atoms with Gasteiger partial charge in [0.25, 0.3) is 0 Å². The molecule has 19 heavy (non-hydrogen) atoms. The Morgan fingerprint density at radius 2 is 2.16 bits per heavy atom. The van der Waals surface area contributed by atoms with Crippen LogP contribution in [0.4, 0.5) is 5.13 Å². The molecule has 98 valence electrons. The average molecular weight is 374 g/mol. The number of H-pyrrole nitrogens is 1. The Bertz CT molecular complexity index is 666. The Kier molecular flexibility index (Phi) is 3.75. The summed E-state index contributed by atoms with van der Waals surface area (Å²) in [5, 5.41) is 7.43. The van der Waals surface area contributed by atoms with Gasteiger partial charge in [0.2, 0.25) is 11.0 Å². The molecule has 1 aromatic heterocycles. The Hall–Kier alpha value is -0.700. The first kappa shape index (κ1) is 13.3. The van der Waals surface area contributed by atoms with Crippen LogP contribution >= 0.6 is 51.2 Å². The van der Waals surface area contributed by atoms with E-state index in [1.807, 2.05) is 24.3 Å². The number of halogens is 1. The van der Waals surface area contributed by atoms with Crippen molar-refractivity contribution < 1.29 is 4.79 Å². The van der Waals surface area contributed by atoms with Crippen molar-refractivity contribution in [2.24, 2.45) is 0 Å². The molecular weight excluding hydrogens is 366 g/mol. The van der Waals surface area contributed by atoms with Gasteiger partial charge >= 0.3 is 0 Å². The zero-order valence-electron chi connectivity index (χ0n) is 9.50. The number of anilines is 1. The van der Waals surface area contributed by atoms with E-state index < -0.39 is 0 Å². The molecule has 2 aromatic rings. The largest absolute Gasteiger partial charge is 0.273 e. The molecule has 0 aliphatic carbocycles. The lowest BCUT2D eigenvalue weighted by molar-refractivity contribution is -0.115. The predicted octanol–water partition coefficient (Wildman–Crippen LogP) is 3.74. The fraction of sp³-hybridized carbons (Fsp3) is 0.182. The second-order valence-corrected chi connectivity index (χ2v) is 7.50. The number of aromatic amines is 1. The highest BCUT2D eigenvalue weighted by molar-refractivity contribution is 9.10. The quantitative estimate of drug-likeness (QED) is 0.814. The van der Waals surface area contributed by atoms with Gasteiger partial charge in [-0.1, -0.05) is 39.4 Å². The van der Waals surface area contributed by atoms with E-state index in [0.29, 0.717) is 14.8 Å². The lowest BCUT2D eigenvalue weighted by Gasteiger charge is -2.20. The lowest BCUT2D eigenvalue weighted by Crippen LogP contribution is -2.27. The van der Waals surface area contributed by atoms with Crippen LogP contribution in [0.15, 0.2) is 28.7 Å². The van der Waals surface area contributed by atoms with Crippen LogP contribution in [0.5, 0.6) is 0 Å². The van der Waals surface area contributed by atoms with Crippen molar-refractivity contribution in [1.29, 1.82) is 0 Å². The summed E-state index contributed by atoms with van der Waals surface area (Å²) in [6, 6.07) is 7.98. The predicted molar refractivity (Wildman–Crippen MR) is 84.1 cm³/mol. The molecule has 8 heteroatoms. The molecule has 2 heterocycles. The molecule has 1 aliphatic rings. The topological polar surface area (TPSA) is 49.0 Å². The number of nitrogens with one attached hydrogen (secondary N) is 1. The van der Waals surface area contributed by atoms with E-state index in [4.69, 9.17) is 12.2 Å². The molecule has 1 aromatic carbocycles. The van der Waals surface area contributed by atoms with Crippen LogP contribution in [0.3, 0.4) is 0 Å². The monoisotopic (exact) mass is 373 g/mol. The van der Waals surface area contributed by atoms with Crippen LogP contribution in [0.2, 0.25) is 0 Å². The van der Waals surface area contributed by atoms with Crippen molar-refractivity contribution in [3.8, 4) is 0 Å². The third kappa shape index (κ3) is 2.62. The third-order valence-electron chi connectivity index (χ3n) is 2.66. The molecule has 1 saturated heterocycles. The van der Waals surface area contributed by atoms with Gasteiger partial charge in [-0.2, -0.15) is 0 Å². The van der Waals surface area contributed by atoms with E-state index >= 15 is 0 Å². The van der Waals surface area contributed by atoms with Crippen molar-refractivity contribution in [2.45, 2.75) is 5.37 Å². The second kappa shape index (κ2) is 5.35. The average Bonchev–Trinajstić information content (AvgIpc) is 2.96. The molecular formula is C11H8BrN3OS3. The van der Waals surface area contributed by atoms with E-state index in [2.05, 4.69) is 26.1 Å². The molecule has 1 aliphatic heterocycles. The summed E-state index contributed by atoms with van der Waals surface area (Å²) in [4.78, 5) is 13.8. The van der Waals surface area contributed by atoms with Crippen LogP contribution in [0.1, 0.15) is 10.9 Å².